The Labute approximate surface area is 120 Å². The van der Waals surface area contributed by atoms with E-state index in [1.807, 2.05) is 59.9 Å². The van der Waals surface area contributed by atoms with Gasteiger partial charge >= 0.3 is 7.55 Å². The van der Waals surface area contributed by atoms with Crippen molar-refractivity contribution in [2.24, 2.45) is 0 Å². The number of nitrogens with zero attached hydrogens (tertiary/aromatic N) is 4. The van der Waals surface area contributed by atoms with Crippen LogP contribution in [0.25, 0.3) is 0 Å². The van der Waals surface area contributed by atoms with E-state index in [0.717, 1.165) is 11.5 Å². The maximum Gasteiger partial charge on any atom is 0.401 e. The van der Waals surface area contributed by atoms with Gasteiger partial charge in [0.2, 0.25) is 0 Å². The van der Waals surface area contributed by atoms with E-state index in [2.05, 4.69) is 22.3 Å². The van der Waals surface area contributed by atoms with Crippen LogP contribution in [-0.4, -0.2) is 17.7 Å². The molecule has 0 atom stereocenters. The van der Waals surface area contributed by atoms with Crippen LogP contribution in [0.1, 0.15) is 0 Å². The number of hydrogen-bond donors (Lipinski definition) is 0. The summed E-state index contributed by atoms with van der Waals surface area (Å²) in [4.78, 5) is 3.97. The van der Waals surface area contributed by atoms with Crippen molar-refractivity contribution in [2.75, 3.05) is 9.62 Å². The zero-order chi connectivity index (χ0) is 11.5. The molecule has 0 fully saturated rings. The smallest absolute Gasteiger partial charge is 0.374 e. The van der Waals surface area contributed by atoms with Crippen LogP contribution in [0.15, 0.2) is 61.1 Å². The second-order valence-corrected chi connectivity index (χ2v) is 3.65. The van der Waals surface area contributed by atoms with Gasteiger partial charge in [-0.25, -0.2) is 0 Å². The summed E-state index contributed by atoms with van der Waals surface area (Å²) >= 11 is 0. The molecule has 4 nitrogen and oxygen atoms in total. The molecule has 0 saturated heterocycles. The number of benzene rings is 1. The van der Waals surface area contributed by atoms with Gasteiger partial charge < -0.3 is 9.62 Å². The maximum atomic E-state index is 4.06. The van der Waals surface area contributed by atoms with Crippen LogP contribution in [0.4, 0.5) is 11.5 Å². The molecule has 2 radical (unpaired) electrons. The minimum absolute atomic E-state index is 0. The number of rotatable bonds is 2. The van der Waals surface area contributed by atoms with E-state index >= 15 is 0 Å². The summed E-state index contributed by atoms with van der Waals surface area (Å²) in [6.45, 7) is 0. The molecule has 1 aliphatic rings. The minimum atomic E-state index is 0. The van der Waals surface area contributed by atoms with Crippen molar-refractivity contribution in [2.45, 2.75) is 0 Å². The SMILES string of the molecule is [B]1N(c2ccccc2)C=CN1c1cccnn1.[Ir]. The fourth-order valence-corrected chi connectivity index (χ4v) is 1.67. The van der Waals surface area contributed by atoms with Crippen LogP contribution in [0.5, 0.6) is 0 Å². The molecule has 3 rings (SSSR count). The van der Waals surface area contributed by atoms with Gasteiger partial charge in [-0.15, -0.1) is 5.10 Å². The number of para-hydroxylation sites is 1. The molecule has 0 saturated carbocycles. The fraction of sp³-hybridized carbons (Fsp3) is 0. The fourth-order valence-electron chi connectivity index (χ4n) is 1.67. The molecule has 0 N–H and O–H groups in total. The van der Waals surface area contributed by atoms with Crippen molar-refractivity contribution in [1.29, 1.82) is 0 Å². The molecule has 0 aliphatic carbocycles. The van der Waals surface area contributed by atoms with Gasteiger partial charge in [-0.05, 0) is 24.3 Å². The Morgan fingerprint density at radius 1 is 0.889 bits per heavy atom. The van der Waals surface area contributed by atoms with E-state index < -0.39 is 0 Å². The van der Waals surface area contributed by atoms with E-state index in [1.165, 1.54) is 0 Å². The second-order valence-electron chi connectivity index (χ2n) is 3.65. The first-order chi connectivity index (χ1) is 8.43. The third-order valence-electron chi connectivity index (χ3n) is 2.51. The Hall–Kier alpha value is -1.65. The largest absolute Gasteiger partial charge is 0.401 e. The summed E-state index contributed by atoms with van der Waals surface area (Å²) in [5, 5.41) is 7.92. The minimum Gasteiger partial charge on any atom is -0.374 e. The quantitative estimate of drug-likeness (QED) is 0.704. The molecule has 1 aromatic heterocycles. The first kappa shape index (κ1) is 12.8. The number of aromatic nitrogens is 2. The van der Waals surface area contributed by atoms with Gasteiger partial charge in [0, 0.05) is 44.4 Å². The molecule has 1 aliphatic heterocycles. The van der Waals surface area contributed by atoms with Crippen molar-refractivity contribution >= 4 is 19.1 Å². The van der Waals surface area contributed by atoms with Crippen molar-refractivity contribution in [3.63, 3.8) is 0 Å². The Kier molecular flexibility index (Phi) is 4.13. The molecule has 1 aromatic carbocycles. The average Bonchev–Trinajstić information content (AvgIpc) is 2.90. The first-order valence-electron chi connectivity index (χ1n) is 5.36. The van der Waals surface area contributed by atoms with Crippen molar-refractivity contribution in [3.05, 3.63) is 61.1 Å². The summed E-state index contributed by atoms with van der Waals surface area (Å²) in [6, 6.07) is 13.9. The maximum absolute atomic E-state index is 4.06. The van der Waals surface area contributed by atoms with Crippen LogP contribution in [0, 0.1) is 0 Å². The standard InChI is InChI=1S/C12H10BN4.Ir/c1-2-5-11(6-3-1)16-9-10-17(13-16)12-7-4-8-14-15-12;/h1-10H;. The summed E-state index contributed by atoms with van der Waals surface area (Å²) in [6.07, 6.45) is 5.61. The van der Waals surface area contributed by atoms with Gasteiger partial charge in [-0.3, -0.25) is 0 Å². The normalized spacial score (nSPS) is 13.1. The average molecular weight is 413 g/mol. The number of hydrogen-bond acceptors (Lipinski definition) is 4. The van der Waals surface area contributed by atoms with E-state index in [1.54, 1.807) is 6.20 Å². The first-order valence-corrected chi connectivity index (χ1v) is 5.36. The summed E-state index contributed by atoms with van der Waals surface area (Å²) in [5.41, 5.74) is 1.12. The number of anilines is 2. The molecule has 2 aromatic rings. The predicted molar refractivity (Wildman–Crippen MR) is 68.3 cm³/mol. The zero-order valence-electron chi connectivity index (χ0n) is 9.47. The van der Waals surface area contributed by atoms with E-state index in [4.69, 9.17) is 0 Å². The molecule has 0 unspecified atom stereocenters. The third kappa shape index (κ3) is 2.60. The monoisotopic (exact) mass is 414 g/mol. The van der Waals surface area contributed by atoms with Crippen LogP contribution in [0.3, 0.4) is 0 Å². The Morgan fingerprint density at radius 3 is 2.39 bits per heavy atom. The van der Waals surface area contributed by atoms with Gasteiger partial charge in [-0.2, -0.15) is 5.10 Å². The van der Waals surface area contributed by atoms with E-state index in [9.17, 15) is 0 Å². The summed E-state index contributed by atoms with van der Waals surface area (Å²) < 4.78 is 0. The summed E-state index contributed by atoms with van der Waals surface area (Å²) in [5.74, 6) is 0.808. The molecular formula is C12H10BIrN4. The van der Waals surface area contributed by atoms with Gasteiger partial charge in [0.15, 0.2) is 0 Å². The Bertz CT molecular complexity index is 473. The van der Waals surface area contributed by atoms with Crippen LogP contribution in [-0.2, 0) is 20.1 Å². The molecule has 0 bridgehead atoms. The Balaban J connectivity index is 0.00000120. The summed E-state index contributed by atoms with van der Waals surface area (Å²) in [7, 11) is 1.97. The van der Waals surface area contributed by atoms with Crippen LogP contribution in [0.2, 0.25) is 0 Å². The van der Waals surface area contributed by atoms with Crippen LogP contribution < -0.4 is 9.62 Å². The zero-order valence-corrected chi connectivity index (χ0v) is 11.9. The van der Waals surface area contributed by atoms with Gasteiger partial charge in [0.1, 0.15) is 5.82 Å². The van der Waals surface area contributed by atoms with E-state index in [0.29, 0.717) is 0 Å². The van der Waals surface area contributed by atoms with Crippen molar-refractivity contribution in [3.8, 4) is 0 Å². The Morgan fingerprint density at radius 2 is 1.67 bits per heavy atom. The molecule has 90 valence electrons. The molecule has 6 heteroatoms. The van der Waals surface area contributed by atoms with Crippen molar-refractivity contribution in [1.82, 2.24) is 10.2 Å². The molecule has 0 spiro atoms. The molecule has 18 heavy (non-hydrogen) atoms. The molecule has 0 amide bonds. The van der Waals surface area contributed by atoms with Crippen molar-refractivity contribution < 1.29 is 20.1 Å². The van der Waals surface area contributed by atoms with E-state index in [-0.39, 0.29) is 20.1 Å². The second kappa shape index (κ2) is 5.80. The van der Waals surface area contributed by atoms with Crippen LogP contribution >= 0.6 is 0 Å². The third-order valence-corrected chi connectivity index (χ3v) is 2.51. The van der Waals surface area contributed by atoms with Gasteiger partial charge in [-0.1, -0.05) is 18.2 Å². The molecular weight excluding hydrogens is 403 g/mol. The molecule has 2 heterocycles. The van der Waals surface area contributed by atoms with Gasteiger partial charge in [0.05, 0.1) is 0 Å². The predicted octanol–water partition coefficient (Wildman–Crippen LogP) is 1.81. The van der Waals surface area contributed by atoms with Gasteiger partial charge in [0.25, 0.3) is 0 Å². The topological polar surface area (TPSA) is 32.3 Å².